The zero-order chi connectivity index (χ0) is 18.6. The number of nitrogens with one attached hydrogen (secondary N) is 1. The topological polar surface area (TPSA) is 58.5 Å². The molecule has 0 unspecified atom stereocenters. The van der Waals surface area contributed by atoms with Crippen LogP contribution in [0, 0.1) is 3.57 Å². The van der Waals surface area contributed by atoms with Gasteiger partial charge in [-0.15, -0.1) is 4.40 Å². The van der Waals surface area contributed by atoms with Gasteiger partial charge in [0.05, 0.1) is 10.6 Å². The molecule has 3 aromatic carbocycles. The number of sulfonamides is 1. The lowest BCUT2D eigenvalue weighted by atomic mass is 10.2. The Kier molecular flexibility index (Phi) is 5.95. The molecule has 0 aliphatic carbocycles. The summed E-state index contributed by atoms with van der Waals surface area (Å²) in [6.07, 6.45) is 0. The molecule has 0 heterocycles. The third-order valence-electron chi connectivity index (χ3n) is 3.50. The van der Waals surface area contributed by atoms with Crippen LogP contribution in [0.2, 0.25) is 5.02 Å². The zero-order valence-corrected chi connectivity index (χ0v) is 17.2. The van der Waals surface area contributed by atoms with Gasteiger partial charge in [0.1, 0.15) is 0 Å². The van der Waals surface area contributed by atoms with Crippen molar-refractivity contribution in [2.24, 2.45) is 4.40 Å². The second kappa shape index (κ2) is 8.20. The standard InChI is InChI=1S/C19H14ClIN2O2S/c20-15-12-10-14(11-13-15)19(22-18-9-5-4-8-17(18)21)23-26(24,25)16-6-2-1-3-7-16/h1-13H,(H,22,23). The summed E-state index contributed by atoms with van der Waals surface area (Å²) in [4.78, 5) is 0.135. The van der Waals surface area contributed by atoms with Crippen LogP contribution < -0.4 is 5.32 Å². The van der Waals surface area contributed by atoms with Gasteiger partial charge in [0.2, 0.25) is 0 Å². The van der Waals surface area contributed by atoms with Crippen LogP contribution in [0.1, 0.15) is 5.56 Å². The van der Waals surface area contributed by atoms with Crippen LogP contribution >= 0.6 is 34.2 Å². The van der Waals surface area contributed by atoms with Crippen molar-refractivity contribution in [1.29, 1.82) is 0 Å². The molecule has 0 aliphatic heterocycles. The largest absolute Gasteiger partial charge is 0.338 e. The summed E-state index contributed by atoms with van der Waals surface area (Å²) in [5.74, 6) is 0.231. The quantitative estimate of drug-likeness (QED) is 0.307. The third-order valence-corrected chi connectivity index (χ3v) is 5.98. The maximum absolute atomic E-state index is 12.7. The molecule has 7 heteroatoms. The van der Waals surface area contributed by atoms with Crippen molar-refractivity contribution in [3.8, 4) is 0 Å². The van der Waals surface area contributed by atoms with Crippen molar-refractivity contribution in [3.05, 3.63) is 93.0 Å². The Labute approximate surface area is 171 Å². The Hall–Kier alpha value is -1.90. The molecule has 3 rings (SSSR count). The lowest BCUT2D eigenvalue weighted by Crippen LogP contribution is -2.17. The van der Waals surface area contributed by atoms with Crippen molar-refractivity contribution in [1.82, 2.24) is 0 Å². The summed E-state index contributed by atoms with van der Waals surface area (Å²) in [6, 6.07) is 22.5. The smallest absolute Gasteiger partial charge is 0.284 e. The first-order valence-corrected chi connectivity index (χ1v) is 10.5. The number of nitrogens with zero attached hydrogens (tertiary/aromatic N) is 1. The van der Waals surface area contributed by atoms with Crippen LogP contribution in [0.3, 0.4) is 0 Å². The van der Waals surface area contributed by atoms with Crippen molar-refractivity contribution in [2.75, 3.05) is 5.32 Å². The summed E-state index contributed by atoms with van der Waals surface area (Å²) in [7, 11) is -3.86. The molecule has 132 valence electrons. The van der Waals surface area contributed by atoms with E-state index in [-0.39, 0.29) is 10.7 Å². The molecule has 0 aliphatic rings. The van der Waals surface area contributed by atoms with Crippen LogP contribution in [-0.4, -0.2) is 14.3 Å². The monoisotopic (exact) mass is 496 g/mol. The SMILES string of the molecule is O=S(=O)(/N=C(/Nc1ccccc1I)c1ccc(Cl)cc1)c1ccccc1. The van der Waals surface area contributed by atoms with E-state index >= 15 is 0 Å². The van der Waals surface area contributed by atoms with Gasteiger partial charge < -0.3 is 5.32 Å². The van der Waals surface area contributed by atoms with Crippen molar-refractivity contribution < 1.29 is 8.42 Å². The maximum atomic E-state index is 12.7. The van der Waals surface area contributed by atoms with Gasteiger partial charge >= 0.3 is 0 Å². The van der Waals surface area contributed by atoms with Crippen molar-refractivity contribution >= 4 is 55.7 Å². The average molecular weight is 497 g/mol. The normalized spacial score (nSPS) is 12.0. The molecule has 0 spiro atoms. The van der Waals surface area contributed by atoms with E-state index in [1.165, 1.54) is 12.1 Å². The fraction of sp³-hybridized carbons (Fsp3) is 0. The summed E-state index contributed by atoms with van der Waals surface area (Å²) >= 11 is 8.13. The molecule has 0 aromatic heterocycles. The van der Waals surface area contributed by atoms with E-state index in [1.54, 1.807) is 42.5 Å². The first kappa shape index (κ1) is 18.9. The minimum absolute atomic E-state index is 0.135. The van der Waals surface area contributed by atoms with Crippen LogP contribution in [0.5, 0.6) is 0 Å². The number of rotatable bonds is 4. The van der Waals surface area contributed by atoms with E-state index in [1.807, 2.05) is 24.3 Å². The van der Waals surface area contributed by atoms with E-state index in [4.69, 9.17) is 11.6 Å². The van der Waals surface area contributed by atoms with Gasteiger partial charge in [-0.3, -0.25) is 0 Å². The highest BCUT2D eigenvalue weighted by Crippen LogP contribution is 2.21. The first-order chi connectivity index (χ1) is 12.5. The van der Waals surface area contributed by atoms with E-state index in [9.17, 15) is 8.42 Å². The van der Waals surface area contributed by atoms with E-state index in [0.717, 1.165) is 9.26 Å². The summed E-state index contributed by atoms with van der Waals surface area (Å²) in [5.41, 5.74) is 1.39. The number of hydrogen-bond acceptors (Lipinski definition) is 2. The Morgan fingerprint density at radius 3 is 2.15 bits per heavy atom. The van der Waals surface area contributed by atoms with Crippen LogP contribution in [0.4, 0.5) is 5.69 Å². The number of halogens is 2. The number of hydrogen-bond donors (Lipinski definition) is 1. The van der Waals surface area contributed by atoms with Gasteiger partial charge in [0, 0.05) is 14.2 Å². The highest BCUT2D eigenvalue weighted by molar-refractivity contribution is 14.1. The zero-order valence-electron chi connectivity index (χ0n) is 13.4. The molecular weight excluding hydrogens is 483 g/mol. The minimum Gasteiger partial charge on any atom is -0.338 e. The van der Waals surface area contributed by atoms with Crippen molar-refractivity contribution in [2.45, 2.75) is 4.90 Å². The Morgan fingerprint density at radius 1 is 0.885 bits per heavy atom. The van der Waals surface area contributed by atoms with E-state index in [0.29, 0.717) is 10.6 Å². The Bertz CT molecular complexity index is 1040. The summed E-state index contributed by atoms with van der Waals surface area (Å²) < 4.78 is 30.4. The maximum Gasteiger partial charge on any atom is 0.284 e. The predicted molar refractivity (Wildman–Crippen MR) is 114 cm³/mol. The van der Waals surface area contributed by atoms with Crippen LogP contribution in [0.15, 0.2) is 88.2 Å². The predicted octanol–water partition coefficient (Wildman–Crippen LogP) is 5.19. The average Bonchev–Trinajstić information content (AvgIpc) is 2.64. The fourth-order valence-electron chi connectivity index (χ4n) is 2.21. The third kappa shape index (κ3) is 4.63. The minimum atomic E-state index is -3.86. The number of anilines is 1. The Morgan fingerprint density at radius 2 is 1.50 bits per heavy atom. The molecule has 0 bridgehead atoms. The summed E-state index contributed by atoms with van der Waals surface area (Å²) in [6.45, 7) is 0. The highest BCUT2D eigenvalue weighted by atomic mass is 127. The summed E-state index contributed by atoms with van der Waals surface area (Å²) in [5, 5.41) is 3.69. The molecule has 3 aromatic rings. The van der Waals surface area contributed by atoms with E-state index in [2.05, 4.69) is 32.3 Å². The lowest BCUT2D eigenvalue weighted by Gasteiger charge is -2.12. The molecule has 0 radical (unpaired) electrons. The molecule has 0 amide bonds. The number of benzene rings is 3. The molecule has 0 fully saturated rings. The van der Waals surface area contributed by atoms with Gasteiger partial charge in [-0.2, -0.15) is 8.42 Å². The molecule has 4 nitrogen and oxygen atoms in total. The fourth-order valence-corrected chi connectivity index (χ4v) is 3.86. The molecule has 0 saturated heterocycles. The van der Waals surface area contributed by atoms with Gasteiger partial charge in [0.15, 0.2) is 5.84 Å². The molecular formula is C19H14ClIN2O2S. The van der Waals surface area contributed by atoms with Gasteiger partial charge in [0.25, 0.3) is 10.0 Å². The highest BCUT2D eigenvalue weighted by Gasteiger charge is 2.16. The second-order valence-electron chi connectivity index (χ2n) is 5.34. The Balaban J connectivity index is 2.08. The molecule has 0 atom stereocenters. The van der Waals surface area contributed by atoms with Gasteiger partial charge in [-0.25, -0.2) is 0 Å². The number of amidine groups is 1. The van der Waals surface area contributed by atoms with Gasteiger partial charge in [-0.1, -0.05) is 41.9 Å². The molecule has 0 saturated carbocycles. The number of para-hydroxylation sites is 1. The first-order valence-electron chi connectivity index (χ1n) is 7.63. The lowest BCUT2D eigenvalue weighted by molar-refractivity contribution is 0.598. The second-order valence-corrected chi connectivity index (χ2v) is 8.54. The molecule has 26 heavy (non-hydrogen) atoms. The van der Waals surface area contributed by atoms with Crippen LogP contribution in [-0.2, 0) is 10.0 Å². The van der Waals surface area contributed by atoms with Gasteiger partial charge in [-0.05, 0) is 71.1 Å². The van der Waals surface area contributed by atoms with Crippen LogP contribution in [0.25, 0.3) is 0 Å². The molecule has 1 N–H and O–H groups in total. The van der Waals surface area contributed by atoms with Crippen molar-refractivity contribution in [3.63, 3.8) is 0 Å². The van der Waals surface area contributed by atoms with E-state index < -0.39 is 10.0 Å².